The smallest absolute Gasteiger partial charge is 0.144 e. The van der Waals surface area contributed by atoms with Gasteiger partial charge >= 0.3 is 0 Å². The van der Waals surface area contributed by atoms with Gasteiger partial charge in [-0.3, -0.25) is 4.79 Å². The molecule has 2 rings (SSSR count). The Morgan fingerprint density at radius 1 is 1.33 bits per heavy atom. The Bertz CT molecular complexity index is 433. The lowest BCUT2D eigenvalue weighted by Gasteiger charge is -2.24. The third-order valence-corrected chi connectivity index (χ3v) is 3.80. The van der Waals surface area contributed by atoms with Crippen molar-refractivity contribution >= 4 is 5.78 Å². The second kappa shape index (κ2) is 5.14. The summed E-state index contributed by atoms with van der Waals surface area (Å²) in [7, 11) is 0. The summed E-state index contributed by atoms with van der Waals surface area (Å²) >= 11 is 0. The van der Waals surface area contributed by atoms with Crippen LogP contribution in [0.1, 0.15) is 25.3 Å². The molecule has 1 fully saturated rings. The van der Waals surface area contributed by atoms with E-state index in [-0.39, 0.29) is 17.6 Å². The summed E-state index contributed by atoms with van der Waals surface area (Å²) in [6.45, 7) is 3.48. The first-order valence-corrected chi connectivity index (χ1v) is 6.25. The number of rotatable bonds is 4. The molecule has 1 aliphatic rings. The first kappa shape index (κ1) is 13.1. The molecule has 0 spiro atoms. The first-order valence-electron chi connectivity index (χ1n) is 6.25. The van der Waals surface area contributed by atoms with E-state index in [9.17, 15) is 13.6 Å². The zero-order chi connectivity index (χ0) is 13.2. The van der Waals surface area contributed by atoms with Crippen LogP contribution in [-0.4, -0.2) is 18.9 Å². The van der Waals surface area contributed by atoms with Gasteiger partial charge < -0.3 is 5.32 Å². The van der Waals surface area contributed by atoms with Crippen LogP contribution in [0, 0.1) is 17.0 Å². The predicted octanol–water partition coefficient (Wildman–Crippen LogP) is 2.47. The van der Waals surface area contributed by atoms with Crippen LogP contribution >= 0.6 is 0 Å². The third kappa shape index (κ3) is 2.58. The topological polar surface area (TPSA) is 29.1 Å². The molecule has 0 aromatic heterocycles. The maximum absolute atomic E-state index is 13.1. The van der Waals surface area contributed by atoms with E-state index >= 15 is 0 Å². The molecule has 1 heterocycles. The highest BCUT2D eigenvalue weighted by molar-refractivity contribution is 5.87. The molecule has 0 radical (unpaired) electrons. The highest BCUT2D eigenvalue weighted by Crippen LogP contribution is 2.31. The summed E-state index contributed by atoms with van der Waals surface area (Å²) in [6, 6.07) is 3.28. The average Bonchev–Trinajstić information content (AvgIpc) is 2.77. The Balaban J connectivity index is 2.15. The minimum atomic E-state index is -0.632. The van der Waals surface area contributed by atoms with Crippen molar-refractivity contribution in [3.05, 3.63) is 35.4 Å². The van der Waals surface area contributed by atoms with Crippen molar-refractivity contribution in [2.75, 3.05) is 13.1 Å². The van der Waals surface area contributed by atoms with Gasteiger partial charge in [-0.05, 0) is 37.1 Å². The van der Waals surface area contributed by atoms with Crippen LogP contribution in [0.25, 0.3) is 0 Å². The van der Waals surface area contributed by atoms with Gasteiger partial charge in [0.05, 0.1) is 0 Å². The summed E-state index contributed by atoms with van der Waals surface area (Å²) in [4.78, 5) is 12.3. The van der Waals surface area contributed by atoms with Crippen LogP contribution in [0.15, 0.2) is 18.2 Å². The monoisotopic (exact) mass is 253 g/mol. The Labute approximate surface area is 105 Å². The molecule has 2 nitrogen and oxygen atoms in total. The second-order valence-electron chi connectivity index (χ2n) is 4.94. The minimum absolute atomic E-state index is 0.0694. The van der Waals surface area contributed by atoms with Crippen molar-refractivity contribution in [2.45, 2.75) is 26.2 Å². The molecule has 0 amide bonds. The highest BCUT2D eigenvalue weighted by atomic mass is 19.1. The zero-order valence-corrected chi connectivity index (χ0v) is 10.4. The molecule has 1 saturated heterocycles. The molecule has 1 aromatic carbocycles. The minimum Gasteiger partial charge on any atom is -0.316 e. The number of benzene rings is 1. The number of nitrogens with one attached hydrogen (secondary N) is 1. The molecular weight excluding hydrogens is 236 g/mol. The lowest BCUT2D eigenvalue weighted by atomic mass is 9.78. The van der Waals surface area contributed by atoms with Crippen molar-refractivity contribution in [3.63, 3.8) is 0 Å². The zero-order valence-electron chi connectivity index (χ0n) is 10.4. The van der Waals surface area contributed by atoms with Crippen molar-refractivity contribution in [3.8, 4) is 0 Å². The van der Waals surface area contributed by atoms with Crippen LogP contribution in [0.5, 0.6) is 0 Å². The van der Waals surface area contributed by atoms with E-state index in [0.29, 0.717) is 12.1 Å². The fourth-order valence-electron chi connectivity index (χ4n) is 2.57. The summed E-state index contributed by atoms with van der Waals surface area (Å²) in [5.41, 5.74) is 0.0558. The number of carbonyl (C=O) groups is 1. The van der Waals surface area contributed by atoms with E-state index in [1.807, 2.05) is 6.92 Å². The molecule has 1 unspecified atom stereocenters. The van der Waals surface area contributed by atoms with E-state index < -0.39 is 11.6 Å². The van der Waals surface area contributed by atoms with Gasteiger partial charge in [0.1, 0.15) is 17.4 Å². The van der Waals surface area contributed by atoms with Gasteiger partial charge in [0, 0.05) is 24.4 Å². The Kier molecular flexibility index (Phi) is 3.76. The van der Waals surface area contributed by atoms with E-state index in [1.165, 1.54) is 12.1 Å². The summed E-state index contributed by atoms with van der Waals surface area (Å²) < 4.78 is 26.1. The number of hydrogen-bond donors (Lipinski definition) is 1. The van der Waals surface area contributed by atoms with Gasteiger partial charge in [-0.25, -0.2) is 8.78 Å². The molecule has 0 aliphatic carbocycles. The molecule has 1 aliphatic heterocycles. The van der Waals surface area contributed by atoms with Gasteiger partial charge in [-0.1, -0.05) is 6.92 Å². The molecule has 0 saturated carbocycles. The van der Waals surface area contributed by atoms with Gasteiger partial charge in [0.25, 0.3) is 0 Å². The van der Waals surface area contributed by atoms with Gasteiger partial charge in [0.2, 0.25) is 0 Å². The SMILES string of the molecule is CCC1(C(=O)Cc2cc(F)cc(F)c2)CCNC1. The van der Waals surface area contributed by atoms with Crippen LogP contribution in [0.3, 0.4) is 0 Å². The van der Waals surface area contributed by atoms with E-state index in [0.717, 1.165) is 25.5 Å². The fourth-order valence-corrected chi connectivity index (χ4v) is 2.57. The number of ketones is 1. The van der Waals surface area contributed by atoms with E-state index in [2.05, 4.69) is 5.32 Å². The van der Waals surface area contributed by atoms with Gasteiger partial charge in [-0.15, -0.1) is 0 Å². The van der Waals surface area contributed by atoms with Crippen LogP contribution < -0.4 is 5.32 Å². The van der Waals surface area contributed by atoms with E-state index in [1.54, 1.807) is 0 Å². The van der Waals surface area contributed by atoms with Crippen molar-refractivity contribution in [1.82, 2.24) is 5.32 Å². The predicted molar refractivity (Wildman–Crippen MR) is 65.3 cm³/mol. The molecule has 18 heavy (non-hydrogen) atoms. The van der Waals surface area contributed by atoms with Crippen LogP contribution in [0.2, 0.25) is 0 Å². The lowest BCUT2D eigenvalue weighted by molar-refractivity contribution is -0.127. The molecular formula is C14H17F2NO. The first-order chi connectivity index (χ1) is 8.55. The van der Waals surface area contributed by atoms with Crippen molar-refractivity contribution < 1.29 is 13.6 Å². The fraction of sp³-hybridized carbons (Fsp3) is 0.500. The standard InChI is InChI=1S/C14H17F2NO/c1-2-14(3-4-17-9-14)13(18)7-10-5-11(15)8-12(16)6-10/h5-6,8,17H,2-4,7,9H2,1H3. The lowest BCUT2D eigenvalue weighted by Crippen LogP contribution is -2.34. The summed E-state index contributed by atoms with van der Waals surface area (Å²) in [5.74, 6) is -1.19. The molecule has 98 valence electrons. The largest absolute Gasteiger partial charge is 0.316 e. The Hall–Kier alpha value is -1.29. The number of carbonyl (C=O) groups excluding carboxylic acids is 1. The molecule has 0 bridgehead atoms. The van der Waals surface area contributed by atoms with Crippen molar-refractivity contribution in [2.24, 2.45) is 5.41 Å². The molecule has 1 N–H and O–H groups in total. The number of halogens is 2. The highest BCUT2D eigenvalue weighted by Gasteiger charge is 2.38. The van der Waals surface area contributed by atoms with E-state index in [4.69, 9.17) is 0 Å². The normalized spacial score (nSPS) is 23.3. The van der Waals surface area contributed by atoms with Crippen molar-refractivity contribution in [1.29, 1.82) is 0 Å². The Morgan fingerprint density at radius 3 is 2.50 bits per heavy atom. The second-order valence-corrected chi connectivity index (χ2v) is 4.94. The Morgan fingerprint density at radius 2 is 2.00 bits per heavy atom. The number of Topliss-reactive ketones (excluding diaryl/α,β-unsaturated/α-hetero) is 1. The molecule has 1 atom stereocenters. The maximum Gasteiger partial charge on any atom is 0.144 e. The maximum atomic E-state index is 13.1. The van der Waals surface area contributed by atoms with Crippen LogP contribution in [-0.2, 0) is 11.2 Å². The average molecular weight is 253 g/mol. The van der Waals surface area contributed by atoms with Crippen LogP contribution in [0.4, 0.5) is 8.78 Å². The summed E-state index contributed by atoms with van der Waals surface area (Å²) in [5, 5.41) is 3.18. The van der Waals surface area contributed by atoms with Gasteiger partial charge in [-0.2, -0.15) is 0 Å². The third-order valence-electron chi connectivity index (χ3n) is 3.80. The number of hydrogen-bond acceptors (Lipinski definition) is 2. The van der Waals surface area contributed by atoms with Gasteiger partial charge in [0.15, 0.2) is 0 Å². The summed E-state index contributed by atoms with van der Waals surface area (Å²) in [6.07, 6.45) is 1.67. The quantitative estimate of drug-likeness (QED) is 0.893. The molecule has 1 aromatic rings. The molecule has 4 heteroatoms.